The van der Waals surface area contributed by atoms with Crippen molar-refractivity contribution in [3.05, 3.63) is 75.4 Å². The van der Waals surface area contributed by atoms with Gasteiger partial charge in [0, 0.05) is 37.4 Å². The lowest BCUT2D eigenvalue weighted by molar-refractivity contribution is 0.0766. The second-order valence-corrected chi connectivity index (χ2v) is 8.81. The third-order valence-corrected chi connectivity index (χ3v) is 6.63. The van der Waals surface area contributed by atoms with Crippen LogP contribution in [0.2, 0.25) is 5.02 Å². The summed E-state index contributed by atoms with van der Waals surface area (Å²) in [5.41, 5.74) is 2.06. The van der Waals surface area contributed by atoms with E-state index in [2.05, 4.69) is 10.2 Å². The minimum Gasteiger partial charge on any atom is -0.497 e. The first-order chi connectivity index (χ1) is 15.5. The first kappa shape index (κ1) is 22.2. The maximum Gasteiger partial charge on any atom is 0.265 e. The van der Waals surface area contributed by atoms with E-state index < -0.39 is 0 Å². The number of anilines is 2. The number of methoxy groups -OCH3 is 1. The molecule has 6 nitrogen and oxygen atoms in total. The number of ether oxygens (including phenoxy) is 1. The van der Waals surface area contributed by atoms with Crippen molar-refractivity contribution in [3.63, 3.8) is 0 Å². The van der Waals surface area contributed by atoms with E-state index in [4.69, 9.17) is 16.3 Å². The lowest BCUT2D eigenvalue weighted by Crippen LogP contribution is -2.35. The Balaban J connectivity index is 1.44. The molecule has 1 fully saturated rings. The van der Waals surface area contributed by atoms with Crippen molar-refractivity contribution < 1.29 is 14.3 Å². The van der Waals surface area contributed by atoms with Crippen molar-refractivity contribution in [1.82, 2.24) is 4.90 Å². The van der Waals surface area contributed by atoms with E-state index >= 15 is 0 Å². The number of rotatable bonds is 5. The molecule has 0 atom stereocenters. The average molecular weight is 470 g/mol. The second kappa shape index (κ2) is 10.1. The standard InChI is InChI=1S/C24H24ClN3O3S/c1-31-19-8-6-18(7-9-19)27-11-3-12-28(14-13-27)24(30)17-5-10-20(25)21(16-17)26-23(29)22-4-2-15-32-22/h2,4-10,15-16H,3,11-14H2,1H3,(H,26,29). The molecule has 1 N–H and O–H groups in total. The molecule has 0 spiro atoms. The number of carbonyl (C=O) groups excluding carboxylic acids is 2. The summed E-state index contributed by atoms with van der Waals surface area (Å²) in [6, 6.07) is 16.5. The van der Waals surface area contributed by atoms with Gasteiger partial charge in [-0.3, -0.25) is 9.59 Å². The maximum absolute atomic E-state index is 13.2. The molecule has 0 bridgehead atoms. The van der Waals surface area contributed by atoms with Gasteiger partial charge in [-0.1, -0.05) is 17.7 Å². The minimum absolute atomic E-state index is 0.0649. The van der Waals surface area contributed by atoms with Crippen molar-refractivity contribution in [3.8, 4) is 5.75 Å². The van der Waals surface area contributed by atoms with Crippen LogP contribution in [0.3, 0.4) is 0 Å². The van der Waals surface area contributed by atoms with Crippen molar-refractivity contribution in [1.29, 1.82) is 0 Å². The van der Waals surface area contributed by atoms with Gasteiger partial charge in [-0.2, -0.15) is 0 Å². The highest BCUT2D eigenvalue weighted by molar-refractivity contribution is 7.12. The van der Waals surface area contributed by atoms with Crippen LogP contribution in [0, 0.1) is 0 Å². The van der Waals surface area contributed by atoms with E-state index in [1.54, 1.807) is 31.4 Å². The summed E-state index contributed by atoms with van der Waals surface area (Å²) < 4.78 is 5.24. The van der Waals surface area contributed by atoms with Gasteiger partial charge < -0.3 is 19.9 Å². The van der Waals surface area contributed by atoms with Gasteiger partial charge in [0.25, 0.3) is 11.8 Å². The fraction of sp³-hybridized carbons (Fsp3) is 0.250. The van der Waals surface area contributed by atoms with Gasteiger partial charge in [0.2, 0.25) is 0 Å². The topological polar surface area (TPSA) is 61.9 Å². The van der Waals surface area contributed by atoms with E-state index in [-0.39, 0.29) is 11.8 Å². The van der Waals surface area contributed by atoms with E-state index in [1.807, 2.05) is 40.6 Å². The molecule has 0 radical (unpaired) electrons. The molecule has 1 saturated heterocycles. The molecule has 166 valence electrons. The highest BCUT2D eigenvalue weighted by Crippen LogP contribution is 2.26. The van der Waals surface area contributed by atoms with Gasteiger partial charge in [-0.05, 0) is 60.3 Å². The molecule has 8 heteroatoms. The molecule has 1 aliphatic heterocycles. The summed E-state index contributed by atoms with van der Waals surface area (Å²) in [6.45, 7) is 2.90. The number of halogens is 1. The Morgan fingerprint density at radius 3 is 2.56 bits per heavy atom. The number of carbonyl (C=O) groups is 2. The number of amides is 2. The highest BCUT2D eigenvalue weighted by Gasteiger charge is 2.22. The van der Waals surface area contributed by atoms with Crippen molar-refractivity contribution in [2.45, 2.75) is 6.42 Å². The van der Waals surface area contributed by atoms with Crippen molar-refractivity contribution >= 4 is 46.1 Å². The molecule has 3 aromatic rings. The third-order valence-electron chi connectivity index (χ3n) is 5.43. The van der Waals surface area contributed by atoms with E-state index in [0.717, 1.165) is 30.9 Å². The van der Waals surface area contributed by atoms with Gasteiger partial charge >= 0.3 is 0 Å². The Morgan fingerprint density at radius 2 is 1.84 bits per heavy atom. The molecule has 1 aliphatic rings. The van der Waals surface area contributed by atoms with Crippen LogP contribution in [-0.2, 0) is 0 Å². The van der Waals surface area contributed by atoms with E-state index in [0.29, 0.717) is 34.2 Å². The van der Waals surface area contributed by atoms with Crippen LogP contribution in [0.4, 0.5) is 11.4 Å². The molecule has 2 amide bonds. The molecular weight excluding hydrogens is 446 g/mol. The zero-order valence-corrected chi connectivity index (χ0v) is 19.3. The summed E-state index contributed by atoms with van der Waals surface area (Å²) in [6.07, 6.45) is 0.868. The molecule has 4 rings (SSSR count). The van der Waals surface area contributed by atoms with Crippen LogP contribution in [0.1, 0.15) is 26.5 Å². The quantitative estimate of drug-likeness (QED) is 0.570. The normalized spacial score (nSPS) is 14.1. The number of thiophene rings is 1. The molecule has 2 aromatic carbocycles. The predicted octanol–water partition coefficient (Wildman–Crippen LogP) is 5.01. The molecule has 0 aliphatic carbocycles. The van der Waals surface area contributed by atoms with Gasteiger partial charge in [0.05, 0.1) is 22.7 Å². The summed E-state index contributed by atoms with van der Waals surface area (Å²) in [4.78, 5) is 30.3. The Bertz CT molecular complexity index is 1090. The average Bonchev–Trinajstić information content (AvgIpc) is 3.25. The molecule has 0 unspecified atom stereocenters. The lowest BCUT2D eigenvalue weighted by Gasteiger charge is -2.24. The van der Waals surface area contributed by atoms with Crippen LogP contribution >= 0.6 is 22.9 Å². The molecule has 1 aromatic heterocycles. The summed E-state index contributed by atoms with van der Waals surface area (Å²) in [7, 11) is 1.65. The number of nitrogens with zero attached hydrogens (tertiary/aromatic N) is 2. The Kier molecular flexibility index (Phi) is 6.97. The van der Waals surface area contributed by atoms with Gasteiger partial charge in [0.15, 0.2) is 0 Å². The maximum atomic E-state index is 13.2. The second-order valence-electron chi connectivity index (χ2n) is 7.46. The summed E-state index contributed by atoms with van der Waals surface area (Å²) in [5, 5.41) is 5.05. The first-order valence-electron chi connectivity index (χ1n) is 10.4. The van der Waals surface area contributed by atoms with Crippen molar-refractivity contribution in [2.75, 3.05) is 43.5 Å². The lowest BCUT2D eigenvalue weighted by atomic mass is 10.1. The van der Waals surface area contributed by atoms with Crippen LogP contribution in [-0.4, -0.2) is 50.0 Å². The SMILES string of the molecule is COc1ccc(N2CCCN(C(=O)c3ccc(Cl)c(NC(=O)c4cccs4)c3)CC2)cc1. The largest absolute Gasteiger partial charge is 0.497 e. The molecule has 2 heterocycles. The number of hydrogen-bond donors (Lipinski definition) is 1. The number of benzene rings is 2. The molecular formula is C24H24ClN3O3S. The van der Waals surface area contributed by atoms with Gasteiger partial charge in [-0.25, -0.2) is 0 Å². The zero-order valence-electron chi connectivity index (χ0n) is 17.7. The fourth-order valence-corrected chi connectivity index (χ4v) is 4.48. The number of hydrogen-bond acceptors (Lipinski definition) is 5. The van der Waals surface area contributed by atoms with Gasteiger partial charge in [0.1, 0.15) is 5.75 Å². The first-order valence-corrected chi connectivity index (χ1v) is 11.6. The van der Waals surface area contributed by atoms with Gasteiger partial charge in [-0.15, -0.1) is 11.3 Å². The third kappa shape index (κ3) is 5.06. The molecule has 32 heavy (non-hydrogen) atoms. The van der Waals surface area contributed by atoms with Crippen LogP contribution < -0.4 is 15.0 Å². The van der Waals surface area contributed by atoms with Crippen LogP contribution in [0.25, 0.3) is 0 Å². The summed E-state index contributed by atoms with van der Waals surface area (Å²) >= 11 is 7.63. The minimum atomic E-state index is -0.239. The predicted molar refractivity (Wildman–Crippen MR) is 129 cm³/mol. The molecule has 0 saturated carbocycles. The van der Waals surface area contributed by atoms with Crippen LogP contribution in [0.5, 0.6) is 5.75 Å². The van der Waals surface area contributed by atoms with E-state index in [1.165, 1.54) is 11.3 Å². The Hall–Kier alpha value is -3.03. The Labute approximate surface area is 196 Å². The Morgan fingerprint density at radius 1 is 1.03 bits per heavy atom. The zero-order chi connectivity index (χ0) is 22.5. The smallest absolute Gasteiger partial charge is 0.265 e. The van der Waals surface area contributed by atoms with E-state index in [9.17, 15) is 9.59 Å². The number of nitrogens with one attached hydrogen (secondary N) is 1. The fourth-order valence-electron chi connectivity index (χ4n) is 3.70. The van der Waals surface area contributed by atoms with Crippen molar-refractivity contribution in [2.24, 2.45) is 0 Å². The highest BCUT2D eigenvalue weighted by atomic mass is 35.5. The summed E-state index contributed by atoms with van der Waals surface area (Å²) in [5.74, 6) is 0.520. The monoisotopic (exact) mass is 469 g/mol. The van der Waals surface area contributed by atoms with Crippen LogP contribution in [0.15, 0.2) is 60.0 Å².